The van der Waals surface area contributed by atoms with Gasteiger partial charge in [-0.3, -0.25) is 10.1 Å². The minimum atomic E-state index is -3.87. The summed E-state index contributed by atoms with van der Waals surface area (Å²) in [5.41, 5.74) is 5.40. The van der Waals surface area contributed by atoms with Gasteiger partial charge in [0, 0.05) is 24.8 Å². The number of nitro benzene ring substituents is 1. The van der Waals surface area contributed by atoms with Gasteiger partial charge in [-0.2, -0.15) is 4.31 Å². The standard InChI is InChI=1S/C13H17N3O4S/c14-11-4-5-12(16(17)18)13(6-11)21(19,20)15-7-9-2-1-3-10(9)8-15/h4-6,9-10H,1-3,7-8,14H2. The van der Waals surface area contributed by atoms with E-state index in [1.807, 2.05) is 0 Å². The lowest BCUT2D eigenvalue weighted by atomic mass is 10.0. The molecule has 0 radical (unpaired) electrons. The van der Waals surface area contributed by atoms with Gasteiger partial charge in [-0.1, -0.05) is 6.42 Å². The van der Waals surface area contributed by atoms with Crippen molar-refractivity contribution in [2.75, 3.05) is 18.8 Å². The summed E-state index contributed by atoms with van der Waals surface area (Å²) in [5.74, 6) is 0.778. The van der Waals surface area contributed by atoms with Crippen LogP contribution in [0.3, 0.4) is 0 Å². The maximum atomic E-state index is 12.7. The smallest absolute Gasteiger partial charge is 0.289 e. The normalized spacial score (nSPS) is 25.9. The van der Waals surface area contributed by atoms with Crippen LogP contribution in [0.25, 0.3) is 0 Å². The molecule has 2 N–H and O–H groups in total. The lowest BCUT2D eigenvalue weighted by Gasteiger charge is -2.17. The summed E-state index contributed by atoms with van der Waals surface area (Å²) >= 11 is 0. The van der Waals surface area contributed by atoms with E-state index in [2.05, 4.69) is 0 Å². The van der Waals surface area contributed by atoms with E-state index in [-0.39, 0.29) is 10.6 Å². The minimum Gasteiger partial charge on any atom is -0.399 e. The van der Waals surface area contributed by atoms with Gasteiger partial charge >= 0.3 is 0 Å². The van der Waals surface area contributed by atoms with Crippen molar-refractivity contribution in [3.63, 3.8) is 0 Å². The Morgan fingerprint density at radius 3 is 2.43 bits per heavy atom. The van der Waals surface area contributed by atoms with E-state index in [0.29, 0.717) is 24.9 Å². The zero-order valence-electron chi connectivity index (χ0n) is 11.4. The zero-order valence-corrected chi connectivity index (χ0v) is 12.3. The van der Waals surface area contributed by atoms with E-state index in [9.17, 15) is 18.5 Å². The first-order valence-electron chi connectivity index (χ1n) is 6.93. The van der Waals surface area contributed by atoms with Gasteiger partial charge in [-0.25, -0.2) is 8.42 Å². The van der Waals surface area contributed by atoms with Crippen LogP contribution in [0.2, 0.25) is 0 Å². The average molecular weight is 311 g/mol. The molecular formula is C13H17N3O4S. The van der Waals surface area contributed by atoms with Gasteiger partial charge in [0.2, 0.25) is 10.0 Å². The predicted octanol–water partition coefficient (Wildman–Crippen LogP) is 1.60. The molecule has 0 spiro atoms. The monoisotopic (exact) mass is 311 g/mol. The van der Waals surface area contributed by atoms with Crippen molar-refractivity contribution in [2.45, 2.75) is 24.2 Å². The fourth-order valence-electron chi connectivity index (χ4n) is 3.42. The fraction of sp³-hybridized carbons (Fsp3) is 0.538. The highest BCUT2D eigenvalue weighted by atomic mass is 32.2. The second kappa shape index (κ2) is 4.96. The Labute approximate surface area is 122 Å². The van der Waals surface area contributed by atoms with Gasteiger partial charge in [0.25, 0.3) is 5.69 Å². The van der Waals surface area contributed by atoms with E-state index < -0.39 is 20.6 Å². The van der Waals surface area contributed by atoms with Gasteiger partial charge < -0.3 is 5.73 Å². The first kappa shape index (κ1) is 14.3. The average Bonchev–Trinajstić information content (AvgIpc) is 2.98. The number of sulfonamides is 1. The molecule has 0 amide bonds. The van der Waals surface area contributed by atoms with Crippen LogP contribution >= 0.6 is 0 Å². The van der Waals surface area contributed by atoms with Crippen LogP contribution in [-0.2, 0) is 10.0 Å². The second-order valence-electron chi connectivity index (χ2n) is 5.76. The summed E-state index contributed by atoms with van der Waals surface area (Å²) < 4.78 is 26.8. The molecule has 1 saturated heterocycles. The van der Waals surface area contributed by atoms with Crippen LogP contribution in [0.15, 0.2) is 23.1 Å². The lowest BCUT2D eigenvalue weighted by molar-refractivity contribution is -0.387. The number of benzene rings is 1. The summed E-state index contributed by atoms with van der Waals surface area (Å²) in [6.07, 6.45) is 3.22. The Bertz CT molecular complexity index is 677. The molecule has 1 aromatic rings. The Morgan fingerprint density at radius 1 is 1.24 bits per heavy atom. The molecule has 7 nitrogen and oxygen atoms in total. The van der Waals surface area contributed by atoms with E-state index in [0.717, 1.165) is 25.3 Å². The quantitative estimate of drug-likeness (QED) is 0.518. The molecule has 8 heteroatoms. The van der Waals surface area contributed by atoms with Crippen LogP contribution in [0.5, 0.6) is 0 Å². The molecule has 1 aliphatic carbocycles. The SMILES string of the molecule is Nc1ccc([N+](=O)[O-])c(S(=O)(=O)N2CC3CCCC3C2)c1. The van der Waals surface area contributed by atoms with Crippen LogP contribution in [0.1, 0.15) is 19.3 Å². The Hall–Kier alpha value is -1.67. The van der Waals surface area contributed by atoms with E-state index in [1.165, 1.54) is 16.4 Å². The highest BCUT2D eigenvalue weighted by molar-refractivity contribution is 7.89. The van der Waals surface area contributed by atoms with Crippen LogP contribution < -0.4 is 5.73 Å². The van der Waals surface area contributed by atoms with Crippen molar-refractivity contribution >= 4 is 21.4 Å². The molecule has 3 rings (SSSR count). The molecule has 1 saturated carbocycles. The van der Waals surface area contributed by atoms with Crippen molar-refractivity contribution in [3.8, 4) is 0 Å². The zero-order chi connectivity index (χ0) is 15.2. The molecule has 1 heterocycles. The van der Waals surface area contributed by atoms with Gasteiger partial charge in [0.05, 0.1) is 4.92 Å². The maximum absolute atomic E-state index is 12.7. The number of hydrogen-bond acceptors (Lipinski definition) is 5. The first-order valence-corrected chi connectivity index (χ1v) is 8.37. The van der Waals surface area contributed by atoms with Crippen molar-refractivity contribution in [2.24, 2.45) is 11.8 Å². The number of nitrogen functional groups attached to an aromatic ring is 1. The Balaban J connectivity index is 1.99. The third kappa shape index (κ3) is 2.38. The second-order valence-corrected chi connectivity index (χ2v) is 7.66. The van der Waals surface area contributed by atoms with Gasteiger partial charge in [-0.05, 0) is 36.8 Å². The Morgan fingerprint density at radius 2 is 1.86 bits per heavy atom. The molecule has 2 aliphatic rings. The van der Waals surface area contributed by atoms with Crippen LogP contribution in [0, 0.1) is 22.0 Å². The number of nitrogens with two attached hydrogens (primary N) is 1. The van der Waals surface area contributed by atoms with Crippen molar-refractivity contribution < 1.29 is 13.3 Å². The topological polar surface area (TPSA) is 107 Å². The number of hydrogen-bond donors (Lipinski definition) is 1. The molecule has 2 atom stereocenters. The summed E-state index contributed by atoms with van der Waals surface area (Å²) in [5, 5.41) is 11.1. The van der Waals surface area contributed by atoms with Crippen molar-refractivity contribution in [1.29, 1.82) is 0 Å². The Kier molecular flexibility index (Phi) is 3.37. The summed E-state index contributed by atoms with van der Waals surface area (Å²) in [6, 6.07) is 3.68. The summed E-state index contributed by atoms with van der Waals surface area (Å²) in [6.45, 7) is 0.915. The lowest BCUT2D eigenvalue weighted by Crippen LogP contribution is -2.30. The highest BCUT2D eigenvalue weighted by Crippen LogP contribution is 2.41. The molecule has 0 bridgehead atoms. The summed E-state index contributed by atoms with van der Waals surface area (Å²) in [7, 11) is -3.87. The first-order chi connectivity index (χ1) is 9.89. The minimum absolute atomic E-state index is 0.207. The van der Waals surface area contributed by atoms with E-state index in [4.69, 9.17) is 5.73 Å². The number of fused-ring (bicyclic) bond motifs is 1. The highest BCUT2D eigenvalue weighted by Gasteiger charge is 2.43. The molecule has 2 fully saturated rings. The molecule has 0 aromatic heterocycles. The number of nitro groups is 1. The van der Waals surface area contributed by atoms with Gasteiger partial charge in [-0.15, -0.1) is 0 Å². The number of anilines is 1. The third-order valence-corrected chi connectivity index (χ3v) is 6.35. The molecule has 114 valence electrons. The maximum Gasteiger partial charge on any atom is 0.289 e. The predicted molar refractivity (Wildman–Crippen MR) is 77.1 cm³/mol. The third-order valence-electron chi connectivity index (χ3n) is 4.49. The fourth-order valence-corrected chi connectivity index (χ4v) is 5.16. The van der Waals surface area contributed by atoms with Crippen LogP contribution in [-0.4, -0.2) is 30.7 Å². The molecule has 2 unspecified atom stereocenters. The van der Waals surface area contributed by atoms with Gasteiger partial charge in [0.1, 0.15) is 0 Å². The van der Waals surface area contributed by atoms with E-state index in [1.54, 1.807) is 0 Å². The van der Waals surface area contributed by atoms with E-state index >= 15 is 0 Å². The van der Waals surface area contributed by atoms with Crippen LogP contribution in [0.4, 0.5) is 11.4 Å². The van der Waals surface area contributed by atoms with Gasteiger partial charge in [0.15, 0.2) is 4.90 Å². The molecule has 21 heavy (non-hydrogen) atoms. The largest absolute Gasteiger partial charge is 0.399 e. The van der Waals surface area contributed by atoms with Crippen molar-refractivity contribution in [1.82, 2.24) is 4.31 Å². The number of rotatable bonds is 3. The molecule has 1 aromatic carbocycles. The summed E-state index contributed by atoms with van der Waals surface area (Å²) in [4.78, 5) is 10.1. The number of nitrogens with zero attached hydrogens (tertiary/aromatic N) is 2. The molecule has 1 aliphatic heterocycles. The van der Waals surface area contributed by atoms with Crippen molar-refractivity contribution in [3.05, 3.63) is 28.3 Å². The molecular weight excluding hydrogens is 294 g/mol.